The minimum atomic E-state index is -0.0252. The average molecular weight is 352 g/mol. The Labute approximate surface area is 153 Å². The van der Waals surface area contributed by atoms with Crippen molar-refractivity contribution in [3.05, 3.63) is 17.8 Å². The highest BCUT2D eigenvalue weighted by molar-refractivity contribution is 5.79. The molecule has 0 aromatic carbocycles. The lowest BCUT2D eigenvalue weighted by molar-refractivity contribution is 0.297. The van der Waals surface area contributed by atoms with Gasteiger partial charge in [0.25, 0.3) is 0 Å². The molecule has 2 N–H and O–H groups in total. The number of rotatable bonds is 10. The van der Waals surface area contributed by atoms with E-state index in [1.165, 1.54) is 6.42 Å². The van der Waals surface area contributed by atoms with Crippen LogP contribution in [0.1, 0.15) is 66.0 Å². The molecule has 0 aliphatic heterocycles. The molecule has 0 saturated heterocycles. The second kappa shape index (κ2) is 11.1. The summed E-state index contributed by atoms with van der Waals surface area (Å²) >= 11 is 0. The molecule has 1 heterocycles. The number of aliphatic imine (C=N–C) groups is 1. The summed E-state index contributed by atoms with van der Waals surface area (Å²) in [6, 6.07) is 0. The molecule has 0 atom stereocenters. The van der Waals surface area contributed by atoms with Gasteiger partial charge in [-0.05, 0) is 39.4 Å². The number of aromatic nitrogens is 1. The molecule has 6 nitrogen and oxygen atoms in total. The van der Waals surface area contributed by atoms with Gasteiger partial charge in [-0.2, -0.15) is 0 Å². The Balaban J connectivity index is 2.42. The summed E-state index contributed by atoms with van der Waals surface area (Å²) in [5.74, 6) is 2.37. The first kappa shape index (κ1) is 21.5. The zero-order valence-electron chi connectivity index (χ0n) is 17.0. The quantitative estimate of drug-likeness (QED) is 0.385. The Morgan fingerprint density at radius 3 is 2.44 bits per heavy atom. The lowest BCUT2D eigenvalue weighted by atomic mass is 9.94. The maximum absolute atomic E-state index is 5.79. The maximum atomic E-state index is 5.79. The van der Waals surface area contributed by atoms with Crippen LogP contribution in [0.4, 0.5) is 0 Å². The van der Waals surface area contributed by atoms with E-state index in [0.29, 0.717) is 12.4 Å². The lowest BCUT2D eigenvalue weighted by Gasteiger charge is -2.17. The Morgan fingerprint density at radius 1 is 1.16 bits per heavy atom. The summed E-state index contributed by atoms with van der Waals surface area (Å²) in [6.45, 7) is 18.5. The molecule has 25 heavy (non-hydrogen) atoms. The van der Waals surface area contributed by atoms with Crippen molar-refractivity contribution in [3.8, 4) is 0 Å². The van der Waals surface area contributed by atoms with Crippen molar-refractivity contribution in [2.45, 2.75) is 66.3 Å². The van der Waals surface area contributed by atoms with Gasteiger partial charge in [0.05, 0.1) is 6.20 Å². The highest BCUT2D eigenvalue weighted by Crippen LogP contribution is 2.22. The third-order valence-corrected chi connectivity index (χ3v) is 4.10. The van der Waals surface area contributed by atoms with Crippen LogP contribution >= 0.6 is 0 Å². The Bertz CT molecular complexity index is 500. The van der Waals surface area contributed by atoms with E-state index in [1.54, 1.807) is 6.20 Å². The van der Waals surface area contributed by atoms with Crippen molar-refractivity contribution < 1.29 is 4.42 Å². The van der Waals surface area contributed by atoms with Crippen LogP contribution in [0.5, 0.6) is 0 Å². The first-order valence-corrected chi connectivity index (χ1v) is 9.60. The number of nitrogens with one attached hydrogen (secondary N) is 2. The van der Waals surface area contributed by atoms with Gasteiger partial charge in [0.1, 0.15) is 12.3 Å². The van der Waals surface area contributed by atoms with E-state index in [-0.39, 0.29) is 5.41 Å². The molecular weight excluding hydrogens is 314 g/mol. The highest BCUT2D eigenvalue weighted by Gasteiger charge is 2.18. The van der Waals surface area contributed by atoms with Gasteiger partial charge in [-0.1, -0.05) is 34.6 Å². The minimum Gasteiger partial charge on any atom is -0.443 e. The third-order valence-electron chi connectivity index (χ3n) is 4.10. The Hall–Kier alpha value is -1.56. The minimum absolute atomic E-state index is 0.0252. The lowest BCUT2D eigenvalue weighted by Crippen LogP contribution is -2.38. The number of guanidine groups is 1. The molecule has 1 aromatic heterocycles. The van der Waals surface area contributed by atoms with Crippen LogP contribution in [0.25, 0.3) is 0 Å². The number of hydrogen-bond acceptors (Lipinski definition) is 4. The van der Waals surface area contributed by atoms with Crippen LogP contribution in [0, 0.1) is 0 Å². The van der Waals surface area contributed by atoms with Crippen LogP contribution in [0.3, 0.4) is 0 Å². The van der Waals surface area contributed by atoms with Crippen LogP contribution in [-0.4, -0.2) is 48.6 Å². The molecule has 0 saturated carbocycles. The first-order chi connectivity index (χ1) is 11.9. The molecule has 144 valence electrons. The fourth-order valence-electron chi connectivity index (χ4n) is 2.43. The van der Waals surface area contributed by atoms with Gasteiger partial charge in [-0.15, -0.1) is 0 Å². The van der Waals surface area contributed by atoms with E-state index in [1.807, 2.05) is 0 Å². The summed E-state index contributed by atoms with van der Waals surface area (Å²) in [5.41, 5.74) is -0.0252. The number of oxazole rings is 1. The summed E-state index contributed by atoms with van der Waals surface area (Å²) in [7, 11) is 0. The maximum Gasteiger partial charge on any atom is 0.216 e. The Kier molecular flexibility index (Phi) is 9.57. The normalized spacial score (nSPS) is 12.7. The molecule has 6 heteroatoms. The van der Waals surface area contributed by atoms with E-state index in [4.69, 9.17) is 4.42 Å². The number of unbranched alkanes of at least 4 members (excludes halogenated alkanes) is 1. The fraction of sp³-hybridized carbons (Fsp3) is 0.789. The van der Waals surface area contributed by atoms with Crippen LogP contribution in [-0.2, 0) is 12.0 Å². The summed E-state index contributed by atoms with van der Waals surface area (Å²) in [5, 5.41) is 6.66. The molecule has 0 bridgehead atoms. The summed E-state index contributed by atoms with van der Waals surface area (Å²) in [4.78, 5) is 11.4. The predicted molar refractivity (Wildman–Crippen MR) is 105 cm³/mol. The van der Waals surface area contributed by atoms with E-state index < -0.39 is 0 Å². The summed E-state index contributed by atoms with van der Waals surface area (Å²) < 4.78 is 5.79. The van der Waals surface area contributed by atoms with Crippen molar-refractivity contribution in [2.75, 3.05) is 32.7 Å². The smallest absolute Gasteiger partial charge is 0.216 e. The van der Waals surface area contributed by atoms with Gasteiger partial charge in [0.2, 0.25) is 5.89 Å². The van der Waals surface area contributed by atoms with Gasteiger partial charge in [-0.3, -0.25) is 0 Å². The molecule has 1 rings (SSSR count). The van der Waals surface area contributed by atoms with E-state index in [0.717, 1.165) is 50.9 Å². The molecule has 1 aromatic rings. The zero-order chi connectivity index (χ0) is 18.7. The molecule has 0 aliphatic carbocycles. The highest BCUT2D eigenvalue weighted by atomic mass is 16.4. The van der Waals surface area contributed by atoms with E-state index in [2.05, 4.69) is 67.1 Å². The molecule has 0 radical (unpaired) electrons. The van der Waals surface area contributed by atoms with Crippen molar-refractivity contribution in [3.63, 3.8) is 0 Å². The number of nitrogens with zero attached hydrogens (tertiary/aromatic N) is 3. The largest absolute Gasteiger partial charge is 0.443 e. The van der Waals surface area contributed by atoms with Crippen molar-refractivity contribution in [2.24, 2.45) is 4.99 Å². The van der Waals surface area contributed by atoms with Crippen LogP contribution in [0.2, 0.25) is 0 Å². The predicted octanol–water partition coefficient (Wildman–Crippen LogP) is 3.15. The SMILES string of the molecule is CCNC(=NCc1ncc(C(C)(C)C)o1)NCCCCN(CC)CC. The number of hydrogen-bond donors (Lipinski definition) is 2. The van der Waals surface area contributed by atoms with E-state index in [9.17, 15) is 0 Å². The third kappa shape index (κ3) is 8.38. The zero-order valence-corrected chi connectivity index (χ0v) is 17.0. The second-order valence-corrected chi connectivity index (χ2v) is 7.22. The van der Waals surface area contributed by atoms with Gasteiger partial charge >= 0.3 is 0 Å². The van der Waals surface area contributed by atoms with Crippen molar-refractivity contribution >= 4 is 5.96 Å². The molecule has 0 amide bonds. The second-order valence-electron chi connectivity index (χ2n) is 7.22. The fourth-order valence-corrected chi connectivity index (χ4v) is 2.43. The first-order valence-electron chi connectivity index (χ1n) is 9.60. The summed E-state index contributed by atoms with van der Waals surface area (Å²) in [6.07, 6.45) is 4.13. The average Bonchev–Trinajstić information content (AvgIpc) is 3.05. The molecule has 0 aliphatic rings. The van der Waals surface area contributed by atoms with Crippen LogP contribution in [0.15, 0.2) is 15.6 Å². The van der Waals surface area contributed by atoms with Gasteiger partial charge in [-0.25, -0.2) is 9.98 Å². The van der Waals surface area contributed by atoms with Crippen molar-refractivity contribution in [1.29, 1.82) is 0 Å². The van der Waals surface area contributed by atoms with Gasteiger partial charge in [0, 0.05) is 18.5 Å². The van der Waals surface area contributed by atoms with Gasteiger partial charge < -0.3 is 20.0 Å². The van der Waals surface area contributed by atoms with Gasteiger partial charge in [0.15, 0.2) is 5.96 Å². The molecule has 0 unspecified atom stereocenters. The van der Waals surface area contributed by atoms with E-state index >= 15 is 0 Å². The molecular formula is C19H37N5O. The molecule has 0 fully saturated rings. The van der Waals surface area contributed by atoms with Crippen molar-refractivity contribution in [1.82, 2.24) is 20.5 Å². The standard InChI is InChI=1S/C19H37N5O/c1-7-20-18(21-12-10-11-13-24(8-2)9-3)23-15-17-22-14-16(25-17)19(4,5)6/h14H,7-13,15H2,1-6H3,(H2,20,21,23). The Morgan fingerprint density at radius 2 is 1.88 bits per heavy atom. The van der Waals surface area contributed by atoms with Crippen LogP contribution < -0.4 is 10.6 Å². The molecule has 0 spiro atoms. The monoisotopic (exact) mass is 351 g/mol. The topological polar surface area (TPSA) is 65.7 Å².